The zero-order valence-corrected chi connectivity index (χ0v) is 14.4. The van der Waals surface area contributed by atoms with Crippen LogP contribution in [0.4, 0.5) is 4.39 Å². The number of β-amino-alcohol motifs (C(OH)–C–C–N with tert-alkyl or cyclic N) is 1. The number of aromatic amines is 1. The molecular formula is C19H26FN3O. The fraction of sp³-hybridized carbons (Fsp3) is 0.526. The smallest absolute Gasteiger partial charge is 0.123 e. The molecule has 1 aromatic heterocycles. The first-order valence-electron chi connectivity index (χ1n) is 8.74. The van der Waals surface area contributed by atoms with Gasteiger partial charge in [0.15, 0.2) is 0 Å². The third kappa shape index (κ3) is 4.02. The van der Waals surface area contributed by atoms with Gasteiger partial charge < -0.3 is 10.1 Å². The van der Waals surface area contributed by atoms with E-state index in [4.69, 9.17) is 0 Å². The van der Waals surface area contributed by atoms with Crippen LogP contribution in [0, 0.1) is 18.7 Å². The van der Waals surface area contributed by atoms with Crippen molar-refractivity contribution in [2.24, 2.45) is 5.92 Å². The first-order chi connectivity index (χ1) is 11.5. The third-order valence-corrected chi connectivity index (χ3v) is 4.94. The van der Waals surface area contributed by atoms with E-state index in [1.54, 1.807) is 12.1 Å². The number of aromatic nitrogens is 2. The molecule has 1 aliphatic heterocycles. The van der Waals surface area contributed by atoms with Gasteiger partial charge in [-0.2, -0.15) is 0 Å². The summed E-state index contributed by atoms with van der Waals surface area (Å²) in [4.78, 5) is 10.2. The van der Waals surface area contributed by atoms with E-state index < -0.39 is 0 Å². The minimum atomic E-state index is -0.382. The second-order valence-electron chi connectivity index (χ2n) is 6.79. The van der Waals surface area contributed by atoms with Crippen molar-refractivity contribution in [3.63, 3.8) is 0 Å². The summed E-state index contributed by atoms with van der Waals surface area (Å²) < 4.78 is 13.3. The van der Waals surface area contributed by atoms with Crippen molar-refractivity contribution >= 4 is 0 Å². The number of halogens is 1. The van der Waals surface area contributed by atoms with Gasteiger partial charge in [0.05, 0.1) is 11.8 Å². The van der Waals surface area contributed by atoms with Gasteiger partial charge in [0.2, 0.25) is 0 Å². The Morgan fingerprint density at radius 1 is 1.42 bits per heavy atom. The van der Waals surface area contributed by atoms with Crippen molar-refractivity contribution < 1.29 is 9.50 Å². The molecule has 2 aromatic rings. The highest BCUT2D eigenvalue weighted by Gasteiger charge is 2.28. The highest BCUT2D eigenvalue weighted by Crippen LogP contribution is 2.24. The van der Waals surface area contributed by atoms with Crippen LogP contribution in [0.2, 0.25) is 0 Å². The lowest BCUT2D eigenvalue weighted by molar-refractivity contribution is 0.0182. The molecule has 2 N–H and O–H groups in total. The molecule has 0 aliphatic carbocycles. The molecule has 3 rings (SSSR count). The van der Waals surface area contributed by atoms with Crippen LogP contribution >= 0.6 is 0 Å². The molecule has 130 valence electrons. The molecule has 2 heterocycles. The standard InChI is InChI=1S/C19H26FN3O/c1-3-19-21-13(2)17(22-19)11-23-8-7-15(18(24)12-23)9-14-5-4-6-16(20)10-14/h4-6,10,15,18,24H,3,7-9,11-12H2,1-2H3,(H,21,22)/t15-,18-/m1/s1. The van der Waals surface area contributed by atoms with Crippen LogP contribution in [0.3, 0.4) is 0 Å². The molecule has 1 aromatic carbocycles. The highest BCUT2D eigenvalue weighted by molar-refractivity contribution is 5.17. The molecular weight excluding hydrogens is 305 g/mol. The van der Waals surface area contributed by atoms with Gasteiger partial charge >= 0.3 is 0 Å². The maximum atomic E-state index is 13.3. The highest BCUT2D eigenvalue weighted by atomic mass is 19.1. The molecule has 24 heavy (non-hydrogen) atoms. The molecule has 1 fully saturated rings. The second kappa shape index (κ2) is 7.45. The predicted octanol–water partition coefficient (Wildman–Crippen LogP) is 2.85. The normalized spacial score (nSPS) is 22.0. The lowest BCUT2D eigenvalue weighted by Gasteiger charge is -2.35. The maximum Gasteiger partial charge on any atom is 0.123 e. The van der Waals surface area contributed by atoms with Gasteiger partial charge in [0.1, 0.15) is 11.6 Å². The van der Waals surface area contributed by atoms with Gasteiger partial charge in [-0.15, -0.1) is 0 Å². The Kier molecular flexibility index (Phi) is 5.31. The van der Waals surface area contributed by atoms with E-state index in [-0.39, 0.29) is 17.8 Å². The average Bonchev–Trinajstić information content (AvgIpc) is 2.90. The van der Waals surface area contributed by atoms with Crippen LogP contribution in [0.1, 0.15) is 36.1 Å². The van der Waals surface area contributed by atoms with E-state index in [1.165, 1.54) is 6.07 Å². The van der Waals surface area contributed by atoms with Gasteiger partial charge in [0.25, 0.3) is 0 Å². The molecule has 0 radical (unpaired) electrons. The average molecular weight is 331 g/mol. The minimum Gasteiger partial charge on any atom is -0.391 e. The Labute approximate surface area is 142 Å². The lowest BCUT2D eigenvalue weighted by atomic mass is 9.88. The number of H-pyrrole nitrogens is 1. The predicted molar refractivity (Wildman–Crippen MR) is 92.2 cm³/mol. The number of piperidine rings is 1. The number of likely N-dealkylation sites (tertiary alicyclic amines) is 1. The fourth-order valence-corrected chi connectivity index (χ4v) is 3.49. The number of rotatable bonds is 5. The maximum absolute atomic E-state index is 13.3. The zero-order valence-electron chi connectivity index (χ0n) is 14.4. The fourth-order valence-electron chi connectivity index (χ4n) is 3.49. The number of nitrogens with zero attached hydrogens (tertiary/aromatic N) is 2. The van der Waals surface area contributed by atoms with Crippen LogP contribution in [0.25, 0.3) is 0 Å². The largest absolute Gasteiger partial charge is 0.391 e. The van der Waals surface area contributed by atoms with Crippen LogP contribution in [0.15, 0.2) is 24.3 Å². The van der Waals surface area contributed by atoms with E-state index in [0.717, 1.165) is 55.1 Å². The molecule has 4 nitrogen and oxygen atoms in total. The summed E-state index contributed by atoms with van der Waals surface area (Å²) in [5.41, 5.74) is 3.15. The summed E-state index contributed by atoms with van der Waals surface area (Å²) in [7, 11) is 0. The Balaban J connectivity index is 1.57. The van der Waals surface area contributed by atoms with E-state index in [1.807, 2.05) is 6.07 Å². The molecule has 0 amide bonds. The Morgan fingerprint density at radius 3 is 2.92 bits per heavy atom. The number of hydrogen-bond donors (Lipinski definition) is 2. The third-order valence-electron chi connectivity index (χ3n) is 4.94. The summed E-state index contributed by atoms with van der Waals surface area (Å²) in [6.45, 7) is 6.49. The molecule has 0 bridgehead atoms. The summed E-state index contributed by atoms with van der Waals surface area (Å²) in [5, 5.41) is 10.5. The molecule has 1 saturated heterocycles. The quantitative estimate of drug-likeness (QED) is 0.886. The SMILES string of the molecule is CCc1nc(CN2CC[C@H](Cc3cccc(F)c3)[C@H](O)C2)c(C)[nH]1. The van der Waals surface area contributed by atoms with Crippen molar-refractivity contribution in [1.82, 2.24) is 14.9 Å². The van der Waals surface area contributed by atoms with Crippen LogP contribution < -0.4 is 0 Å². The van der Waals surface area contributed by atoms with Gasteiger partial charge in [-0.1, -0.05) is 19.1 Å². The van der Waals surface area contributed by atoms with Crippen LogP contribution in [-0.4, -0.2) is 39.2 Å². The molecule has 2 atom stereocenters. The van der Waals surface area contributed by atoms with Gasteiger partial charge in [-0.05, 0) is 49.9 Å². The topological polar surface area (TPSA) is 52.1 Å². The number of imidazole rings is 1. The summed E-state index contributed by atoms with van der Waals surface area (Å²) in [5.74, 6) is 0.999. The van der Waals surface area contributed by atoms with E-state index in [0.29, 0.717) is 6.54 Å². The Hall–Kier alpha value is -1.72. The molecule has 5 heteroatoms. The van der Waals surface area contributed by atoms with Crippen molar-refractivity contribution in [2.45, 2.75) is 45.8 Å². The number of aryl methyl sites for hydroxylation is 2. The minimum absolute atomic E-state index is 0.189. The number of nitrogens with one attached hydrogen (secondary N) is 1. The lowest BCUT2D eigenvalue weighted by Crippen LogP contribution is -2.44. The number of benzene rings is 1. The van der Waals surface area contributed by atoms with E-state index in [9.17, 15) is 9.50 Å². The second-order valence-corrected chi connectivity index (χ2v) is 6.79. The van der Waals surface area contributed by atoms with Crippen LogP contribution in [0.5, 0.6) is 0 Å². The van der Waals surface area contributed by atoms with Crippen molar-refractivity contribution in [3.8, 4) is 0 Å². The van der Waals surface area contributed by atoms with E-state index in [2.05, 4.69) is 28.7 Å². The molecule has 0 saturated carbocycles. The van der Waals surface area contributed by atoms with Gasteiger partial charge in [-0.25, -0.2) is 9.37 Å². The Morgan fingerprint density at radius 2 is 2.25 bits per heavy atom. The summed E-state index contributed by atoms with van der Waals surface area (Å²) in [6, 6.07) is 6.69. The van der Waals surface area contributed by atoms with Crippen molar-refractivity contribution in [3.05, 3.63) is 52.9 Å². The van der Waals surface area contributed by atoms with Gasteiger partial charge in [-0.3, -0.25) is 4.90 Å². The first kappa shape index (κ1) is 17.1. The number of aliphatic hydroxyl groups excluding tert-OH is 1. The first-order valence-corrected chi connectivity index (χ1v) is 8.74. The number of aliphatic hydroxyl groups is 1. The zero-order chi connectivity index (χ0) is 17.1. The van der Waals surface area contributed by atoms with Gasteiger partial charge in [0, 0.05) is 25.2 Å². The number of hydrogen-bond acceptors (Lipinski definition) is 3. The van der Waals surface area contributed by atoms with Crippen LogP contribution in [-0.2, 0) is 19.4 Å². The molecule has 0 spiro atoms. The molecule has 0 unspecified atom stereocenters. The van der Waals surface area contributed by atoms with Crippen molar-refractivity contribution in [2.75, 3.05) is 13.1 Å². The van der Waals surface area contributed by atoms with Crippen molar-refractivity contribution in [1.29, 1.82) is 0 Å². The molecule has 1 aliphatic rings. The summed E-state index contributed by atoms with van der Waals surface area (Å²) >= 11 is 0. The van der Waals surface area contributed by atoms with E-state index >= 15 is 0 Å². The Bertz CT molecular complexity index is 685. The summed E-state index contributed by atoms with van der Waals surface area (Å²) in [6.07, 6.45) is 2.17. The monoisotopic (exact) mass is 331 g/mol.